The molecule has 2 aromatic rings. The maximum atomic E-state index is 14.3. The average molecular weight is 422 g/mol. The molecule has 0 radical (unpaired) electrons. The molecule has 1 saturated heterocycles. The molecule has 1 aromatic heterocycles. The summed E-state index contributed by atoms with van der Waals surface area (Å²) in [5.74, 6) is -0.855. The summed E-state index contributed by atoms with van der Waals surface area (Å²) in [4.78, 5) is 23.7. The molecule has 2 heterocycles. The number of aryl methyl sites for hydroxylation is 1. The minimum absolute atomic E-state index is 0.0104. The van der Waals surface area contributed by atoms with Crippen molar-refractivity contribution in [2.75, 3.05) is 18.8 Å². The lowest BCUT2D eigenvalue weighted by molar-refractivity contribution is 0.0961. The molecule has 0 aliphatic carbocycles. The Kier molecular flexibility index (Phi) is 7.18. The maximum absolute atomic E-state index is 14.3. The predicted molar refractivity (Wildman–Crippen MR) is 122 cm³/mol. The number of hydrogen-bond donors (Lipinski definition) is 2. The zero-order chi connectivity index (χ0) is 22.4. The van der Waals surface area contributed by atoms with Crippen molar-refractivity contribution < 1.29 is 9.18 Å². The molecule has 31 heavy (non-hydrogen) atoms. The zero-order valence-corrected chi connectivity index (χ0v) is 18.0. The Balaban J connectivity index is 1.96. The molecule has 0 saturated carbocycles. The first-order valence-electron chi connectivity index (χ1n) is 10.4. The summed E-state index contributed by atoms with van der Waals surface area (Å²) >= 11 is 0. The van der Waals surface area contributed by atoms with E-state index in [1.165, 1.54) is 18.7 Å². The van der Waals surface area contributed by atoms with Gasteiger partial charge in [0, 0.05) is 13.1 Å². The second-order valence-electron chi connectivity index (χ2n) is 7.49. The predicted octanol–water partition coefficient (Wildman–Crippen LogP) is 4.36. The highest BCUT2D eigenvalue weighted by molar-refractivity contribution is 5.98. The van der Waals surface area contributed by atoms with Gasteiger partial charge in [0.2, 0.25) is 0 Å². The Bertz CT molecular complexity index is 1040. The molecule has 3 rings (SSSR count). The van der Waals surface area contributed by atoms with Crippen LogP contribution in [0, 0.1) is 12.7 Å². The van der Waals surface area contributed by atoms with Crippen LogP contribution in [0.25, 0.3) is 11.4 Å². The van der Waals surface area contributed by atoms with E-state index in [9.17, 15) is 9.18 Å². The first-order chi connectivity index (χ1) is 14.9. The lowest BCUT2D eigenvalue weighted by atomic mass is 10.1. The van der Waals surface area contributed by atoms with Gasteiger partial charge < -0.3 is 16.0 Å². The second-order valence-corrected chi connectivity index (χ2v) is 7.49. The van der Waals surface area contributed by atoms with E-state index in [1.807, 2.05) is 26.0 Å². The number of nitrogens with zero attached hydrogens (tertiary/aromatic N) is 3. The number of hydrogen-bond acceptors (Lipinski definition) is 5. The summed E-state index contributed by atoms with van der Waals surface area (Å²) in [6.45, 7) is 9.47. The molecule has 1 aromatic carbocycles. The molecule has 162 valence electrons. The monoisotopic (exact) mass is 421 g/mol. The van der Waals surface area contributed by atoms with Gasteiger partial charge in [-0.2, -0.15) is 0 Å². The molecule has 6 nitrogen and oxygen atoms in total. The standard InChI is InChI=1S/C24H28FN5O/c1-4-9-21(30-12-7-6-8-13-30)20(5-2)28-24(31)22-19(26)15-27-23(29-22)17-14-16(3)10-11-18(17)25/h4-5,9-11,14-15H,2,6-8,12-13,26H2,1,3H3,(H,28,31)/b9-4-,21-20-. The van der Waals surface area contributed by atoms with Gasteiger partial charge in [-0.1, -0.05) is 24.3 Å². The minimum atomic E-state index is -0.497. The molecular formula is C24H28FN5O. The molecule has 7 heteroatoms. The number of anilines is 1. The summed E-state index contributed by atoms with van der Waals surface area (Å²) < 4.78 is 14.3. The number of amides is 1. The quantitative estimate of drug-likeness (QED) is 0.677. The Morgan fingerprint density at radius 1 is 1.29 bits per heavy atom. The number of halogens is 1. The summed E-state index contributed by atoms with van der Waals surface area (Å²) in [6.07, 6.45) is 10.2. The van der Waals surface area contributed by atoms with Crippen molar-refractivity contribution >= 4 is 11.6 Å². The second kappa shape index (κ2) is 10.0. The number of carbonyl (C=O) groups excluding carboxylic acids is 1. The van der Waals surface area contributed by atoms with Crippen molar-refractivity contribution in [3.63, 3.8) is 0 Å². The summed E-state index contributed by atoms with van der Waals surface area (Å²) in [5, 5.41) is 2.88. The molecule has 0 unspecified atom stereocenters. The van der Waals surface area contributed by atoms with Crippen molar-refractivity contribution in [3.8, 4) is 11.4 Å². The van der Waals surface area contributed by atoms with E-state index in [-0.39, 0.29) is 22.8 Å². The maximum Gasteiger partial charge on any atom is 0.276 e. The molecule has 1 aliphatic heterocycles. The summed E-state index contributed by atoms with van der Waals surface area (Å²) in [5.41, 5.74) is 8.63. The average Bonchev–Trinajstić information content (AvgIpc) is 2.78. The molecule has 0 atom stereocenters. The highest BCUT2D eigenvalue weighted by Crippen LogP contribution is 2.23. The van der Waals surface area contributed by atoms with E-state index in [0.29, 0.717) is 5.70 Å². The molecule has 1 aliphatic rings. The van der Waals surface area contributed by atoms with E-state index in [4.69, 9.17) is 5.73 Å². The van der Waals surface area contributed by atoms with Gasteiger partial charge >= 0.3 is 0 Å². The van der Waals surface area contributed by atoms with Crippen LogP contribution in [-0.4, -0.2) is 33.9 Å². The van der Waals surface area contributed by atoms with Crippen LogP contribution in [-0.2, 0) is 0 Å². The number of likely N-dealkylation sites (tertiary alicyclic amines) is 1. The van der Waals surface area contributed by atoms with Gasteiger partial charge in [-0.15, -0.1) is 0 Å². The van der Waals surface area contributed by atoms with E-state index < -0.39 is 11.7 Å². The van der Waals surface area contributed by atoms with Gasteiger partial charge in [0.05, 0.1) is 28.8 Å². The number of carbonyl (C=O) groups is 1. The third kappa shape index (κ3) is 5.17. The third-order valence-corrected chi connectivity index (χ3v) is 5.14. The molecule has 0 spiro atoms. The van der Waals surface area contributed by atoms with E-state index in [0.717, 1.165) is 37.2 Å². The lowest BCUT2D eigenvalue weighted by Crippen LogP contribution is -2.33. The summed E-state index contributed by atoms with van der Waals surface area (Å²) in [6, 6.07) is 4.65. The summed E-state index contributed by atoms with van der Waals surface area (Å²) in [7, 11) is 0. The van der Waals surface area contributed by atoms with Gasteiger partial charge in [-0.3, -0.25) is 4.79 Å². The third-order valence-electron chi connectivity index (χ3n) is 5.14. The fraction of sp³-hybridized carbons (Fsp3) is 0.292. The van der Waals surface area contributed by atoms with Gasteiger partial charge in [-0.25, -0.2) is 14.4 Å². The Labute approximate surface area is 182 Å². The van der Waals surface area contributed by atoms with Gasteiger partial charge in [0.1, 0.15) is 5.82 Å². The SMILES string of the molecule is C=C/C(NC(=O)c1nc(-c2cc(C)ccc2F)ncc1N)=C(\C=C/C)N1CCCCC1. The number of nitrogens with two attached hydrogens (primary N) is 1. The molecule has 1 amide bonds. The van der Waals surface area contributed by atoms with Crippen LogP contribution < -0.4 is 11.1 Å². The fourth-order valence-electron chi connectivity index (χ4n) is 3.57. The van der Waals surface area contributed by atoms with Crippen molar-refractivity contribution in [1.29, 1.82) is 0 Å². The van der Waals surface area contributed by atoms with Crippen LogP contribution >= 0.6 is 0 Å². The topological polar surface area (TPSA) is 84.1 Å². The first-order valence-corrected chi connectivity index (χ1v) is 10.4. The van der Waals surface area contributed by atoms with Crippen LogP contribution in [0.5, 0.6) is 0 Å². The number of nitrogens with one attached hydrogen (secondary N) is 1. The number of rotatable bonds is 6. The minimum Gasteiger partial charge on any atom is -0.396 e. The van der Waals surface area contributed by atoms with Crippen molar-refractivity contribution in [3.05, 3.63) is 77.7 Å². The molecule has 3 N–H and O–H groups in total. The number of allylic oxidation sites excluding steroid dienone is 3. The smallest absolute Gasteiger partial charge is 0.276 e. The zero-order valence-electron chi connectivity index (χ0n) is 18.0. The Hall–Kier alpha value is -3.48. The van der Waals surface area contributed by atoms with Crippen LogP contribution in [0.1, 0.15) is 42.2 Å². The van der Waals surface area contributed by atoms with Crippen LogP contribution in [0.3, 0.4) is 0 Å². The van der Waals surface area contributed by atoms with Crippen LogP contribution in [0.2, 0.25) is 0 Å². The molecular weight excluding hydrogens is 393 g/mol. The normalized spacial score (nSPS) is 15.0. The largest absolute Gasteiger partial charge is 0.396 e. The van der Waals surface area contributed by atoms with Gasteiger partial charge in [0.15, 0.2) is 11.5 Å². The fourth-order valence-corrected chi connectivity index (χ4v) is 3.57. The lowest BCUT2D eigenvalue weighted by Gasteiger charge is -2.31. The van der Waals surface area contributed by atoms with E-state index >= 15 is 0 Å². The van der Waals surface area contributed by atoms with Crippen LogP contribution in [0.15, 0.2) is 60.6 Å². The van der Waals surface area contributed by atoms with Gasteiger partial charge in [-0.05, 0) is 57.4 Å². The van der Waals surface area contributed by atoms with Gasteiger partial charge in [0.25, 0.3) is 5.91 Å². The highest BCUT2D eigenvalue weighted by atomic mass is 19.1. The van der Waals surface area contributed by atoms with E-state index in [1.54, 1.807) is 18.2 Å². The molecule has 1 fully saturated rings. The number of piperidine rings is 1. The number of aromatic nitrogens is 2. The molecule has 0 bridgehead atoms. The van der Waals surface area contributed by atoms with Crippen molar-refractivity contribution in [2.45, 2.75) is 33.1 Å². The first kappa shape index (κ1) is 22.2. The highest BCUT2D eigenvalue weighted by Gasteiger charge is 2.20. The number of benzene rings is 1. The van der Waals surface area contributed by atoms with E-state index in [2.05, 4.69) is 26.8 Å². The van der Waals surface area contributed by atoms with Crippen molar-refractivity contribution in [1.82, 2.24) is 20.2 Å². The van der Waals surface area contributed by atoms with Crippen molar-refractivity contribution in [2.24, 2.45) is 0 Å². The van der Waals surface area contributed by atoms with Crippen LogP contribution in [0.4, 0.5) is 10.1 Å². The number of nitrogen functional groups attached to an aromatic ring is 1. The Morgan fingerprint density at radius 3 is 2.71 bits per heavy atom. The Morgan fingerprint density at radius 2 is 2.03 bits per heavy atom.